The zero-order chi connectivity index (χ0) is 14.9. The molecule has 0 amide bonds. The molecule has 6 nitrogen and oxygen atoms in total. The smallest absolute Gasteiger partial charge is 0.327 e. The molecule has 0 aliphatic carbocycles. The normalized spacial score (nSPS) is 18.9. The molecule has 1 heterocycles. The molecule has 9 heteroatoms. The quantitative estimate of drug-likeness (QED) is 0.674. The molecule has 0 saturated carbocycles. The maximum atomic E-state index is 11.3. The second-order valence-electron chi connectivity index (χ2n) is 4.14. The van der Waals surface area contributed by atoms with Crippen LogP contribution in [0.5, 0.6) is 0 Å². The fourth-order valence-electron chi connectivity index (χ4n) is 2.01. The van der Waals surface area contributed by atoms with E-state index in [1.165, 1.54) is 23.9 Å². The lowest BCUT2D eigenvalue weighted by molar-refractivity contribution is -0.384. The van der Waals surface area contributed by atoms with Crippen molar-refractivity contribution in [2.75, 3.05) is 23.0 Å². The molecule has 108 valence electrons. The van der Waals surface area contributed by atoms with Gasteiger partial charge in [0, 0.05) is 30.2 Å². The number of rotatable bonds is 3. The Morgan fingerprint density at radius 2 is 2.05 bits per heavy atom. The molecule has 0 aromatic heterocycles. The van der Waals surface area contributed by atoms with E-state index in [4.69, 9.17) is 23.2 Å². The number of anilines is 1. The van der Waals surface area contributed by atoms with Crippen molar-refractivity contribution < 1.29 is 14.8 Å². The Morgan fingerprint density at radius 1 is 1.45 bits per heavy atom. The van der Waals surface area contributed by atoms with E-state index in [-0.39, 0.29) is 15.7 Å². The second-order valence-corrected chi connectivity index (χ2v) is 6.10. The van der Waals surface area contributed by atoms with Gasteiger partial charge in [-0.3, -0.25) is 10.1 Å². The van der Waals surface area contributed by atoms with Crippen LogP contribution in [0.3, 0.4) is 0 Å². The van der Waals surface area contributed by atoms with Crippen molar-refractivity contribution in [3.8, 4) is 0 Å². The van der Waals surface area contributed by atoms with Gasteiger partial charge < -0.3 is 10.0 Å². The Morgan fingerprint density at radius 3 is 2.55 bits per heavy atom. The molecule has 2 rings (SSSR count). The number of halogens is 2. The van der Waals surface area contributed by atoms with Gasteiger partial charge >= 0.3 is 5.97 Å². The van der Waals surface area contributed by atoms with E-state index in [0.29, 0.717) is 18.0 Å². The molecule has 1 N–H and O–H groups in total. The Kier molecular flexibility index (Phi) is 4.62. The highest BCUT2D eigenvalue weighted by atomic mass is 35.5. The lowest BCUT2D eigenvalue weighted by Crippen LogP contribution is -2.47. The molecule has 1 aromatic carbocycles. The minimum atomic E-state index is -0.970. The van der Waals surface area contributed by atoms with E-state index >= 15 is 0 Å². The number of thioether (sulfide) groups is 1. The first-order valence-corrected chi connectivity index (χ1v) is 7.53. The highest BCUT2D eigenvalue weighted by molar-refractivity contribution is 7.99. The van der Waals surface area contributed by atoms with Gasteiger partial charge in [-0.15, -0.1) is 0 Å². The molecule has 1 fully saturated rings. The Balaban J connectivity index is 2.45. The summed E-state index contributed by atoms with van der Waals surface area (Å²) in [7, 11) is 0. The van der Waals surface area contributed by atoms with Crippen molar-refractivity contribution in [1.29, 1.82) is 0 Å². The number of nitro benzene ring substituents is 1. The van der Waals surface area contributed by atoms with Crippen LogP contribution in [0.25, 0.3) is 0 Å². The summed E-state index contributed by atoms with van der Waals surface area (Å²) >= 11 is 13.6. The van der Waals surface area contributed by atoms with Crippen LogP contribution >= 0.6 is 35.0 Å². The van der Waals surface area contributed by atoms with Crippen molar-refractivity contribution in [3.63, 3.8) is 0 Å². The molecule has 1 aromatic rings. The topological polar surface area (TPSA) is 83.7 Å². The van der Waals surface area contributed by atoms with Gasteiger partial charge in [0.15, 0.2) is 0 Å². The van der Waals surface area contributed by atoms with Gasteiger partial charge in [0.2, 0.25) is 0 Å². The highest BCUT2D eigenvalue weighted by Crippen LogP contribution is 2.39. The Labute approximate surface area is 128 Å². The van der Waals surface area contributed by atoms with Gasteiger partial charge in [0.05, 0.1) is 20.7 Å². The first-order valence-electron chi connectivity index (χ1n) is 5.62. The van der Waals surface area contributed by atoms with Gasteiger partial charge in [-0.05, 0) is 0 Å². The number of benzene rings is 1. The van der Waals surface area contributed by atoms with Crippen LogP contribution < -0.4 is 4.90 Å². The summed E-state index contributed by atoms with van der Waals surface area (Å²) in [5, 5.41) is 20.2. The van der Waals surface area contributed by atoms with Gasteiger partial charge in [0.1, 0.15) is 6.04 Å². The first kappa shape index (κ1) is 15.2. The SMILES string of the molecule is O=C(O)C1CSCCN1c1c(Cl)cc([N+](=O)[O-])cc1Cl. The summed E-state index contributed by atoms with van der Waals surface area (Å²) in [5.41, 5.74) is 0.119. The molecule has 0 spiro atoms. The molecule has 1 unspecified atom stereocenters. The summed E-state index contributed by atoms with van der Waals surface area (Å²) in [4.78, 5) is 23.0. The highest BCUT2D eigenvalue weighted by Gasteiger charge is 2.32. The van der Waals surface area contributed by atoms with Crippen molar-refractivity contribution in [3.05, 3.63) is 32.3 Å². The molecule has 0 bridgehead atoms. The third-order valence-corrected chi connectivity index (χ3v) is 4.51. The molecular formula is C11H10Cl2N2O4S. The van der Waals surface area contributed by atoms with Crippen LogP contribution in [0.4, 0.5) is 11.4 Å². The molecule has 1 saturated heterocycles. The van der Waals surface area contributed by atoms with Crippen LogP contribution in [0.15, 0.2) is 12.1 Å². The molecule has 1 aliphatic rings. The maximum absolute atomic E-state index is 11.3. The number of aliphatic carboxylic acids is 1. The lowest BCUT2D eigenvalue weighted by Gasteiger charge is -2.35. The van der Waals surface area contributed by atoms with Crippen molar-refractivity contribution >= 4 is 52.3 Å². The lowest BCUT2D eigenvalue weighted by atomic mass is 10.2. The number of carbonyl (C=O) groups is 1. The third-order valence-electron chi connectivity index (χ3n) is 2.91. The Hall–Kier alpha value is -1.18. The molecular weight excluding hydrogens is 327 g/mol. The van der Waals surface area contributed by atoms with E-state index in [1.807, 2.05) is 0 Å². The minimum absolute atomic E-state index is 0.0855. The number of carboxylic acids is 1. The van der Waals surface area contributed by atoms with Crippen LogP contribution in [0.2, 0.25) is 10.0 Å². The van der Waals surface area contributed by atoms with E-state index < -0.39 is 16.9 Å². The monoisotopic (exact) mass is 336 g/mol. The van der Waals surface area contributed by atoms with Crippen molar-refractivity contribution in [2.45, 2.75) is 6.04 Å². The van der Waals surface area contributed by atoms with Gasteiger partial charge in [-0.2, -0.15) is 11.8 Å². The maximum Gasteiger partial charge on any atom is 0.327 e. The first-order chi connectivity index (χ1) is 9.41. The average molecular weight is 337 g/mol. The zero-order valence-electron chi connectivity index (χ0n) is 10.1. The van der Waals surface area contributed by atoms with Gasteiger partial charge in [-0.1, -0.05) is 23.2 Å². The molecule has 1 aliphatic heterocycles. The van der Waals surface area contributed by atoms with Crippen LogP contribution in [-0.4, -0.2) is 40.1 Å². The summed E-state index contributed by atoms with van der Waals surface area (Å²) in [6, 6.07) is 1.62. The number of hydrogen-bond donors (Lipinski definition) is 1. The number of nitro groups is 1. The summed E-state index contributed by atoms with van der Waals surface area (Å²) in [6.45, 7) is 0.471. The number of carboxylic acid groups (broad SMARTS) is 1. The Bertz CT molecular complexity index is 546. The van der Waals surface area contributed by atoms with E-state index in [2.05, 4.69) is 0 Å². The third kappa shape index (κ3) is 2.94. The van der Waals surface area contributed by atoms with Crippen LogP contribution in [0, 0.1) is 10.1 Å². The van der Waals surface area contributed by atoms with Crippen molar-refractivity contribution in [2.24, 2.45) is 0 Å². The fourth-order valence-corrected chi connectivity index (χ4v) is 3.74. The second kappa shape index (κ2) is 6.07. The molecule has 1 atom stereocenters. The van der Waals surface area contributed by atoms with Crippen molar-refractivity contribution in [1.82, 2.24) is 0 Å². The summed E-state index contributed by atoms with van der Waals surface area (Å²) in [6.07, 6.45) is 0. The van der Waals surface area contributed by atoms with Crippen LogP contribution in [-0.2, 0) is 4.79 Å². The van der Waals surface area contributed by atoms with E-state index in [0.717, 1.165) is 5.75 Å². The van der Waals surface area contributed by atoms with E-state index in [1.54, 1.807) is 4.90 Å². The molecule has 20 heavy (non-hydrogen) atoms. The average Bonchev–Trinajstić information content (AvgIpc) is 2.38. The molecule has 0 radical (unpaired) electrons. The predicted molar refractivity (Wildman–Crippen MR) is 79.2 cm³/mol. The number of nitrogens with zero attached hydrogens (tertiary/aromatic N) is 2. The summed E-state index contributed by atoms with van der Waals surface area (Å²) in [5.74, 6) is 0.189. The predicted octanol–water partition coefficient (Wildman–Crippen LogP) is 2.91. The standard InChI is InChI=1S/C11H10Cl2N2O4S/c12-7-3-6(15(18)19)4-8(13)10(7)14-1-2-20-5-9(14)11(16)17/h3-4,9H,1-2,5H2,(H,16,17). The van der Waals surface area contributed by atoms with Gasteiger partial charge in [0.25, 0.3) is 5.69 Å². The fraction of sp³-hybridized carbons (Fsp3) is 0.364. The minimum Gasteiger partial charge on any atom is -0.480 e. The largest absolute Gasteiger partial charge is 0.480 e. The number of non-ortho nitro benzene ring substituents is 1. The zero-order valence-corrected chi connectivity index (χ0v) is 12.4. The van der Waals surface area contributed by atoms with E-state index in [9.17, 15) is 20.0 Å². The van der Waals surface area contributed by atoms with Crippen LogP contribution in [0.1, 0.15) is 0 Å². The summed E-state index contributed by atoms with van der Waals surface area (Å²) < 4.78 is 0. The number of hydrogen-bond acceptors (Lipinski definition) is 5. The van der Waals surface area contributed by atoms with Gasteiger partial charge in [-0.25, -0.2) is 4.79 Å².